The highest BCUT2D eigenvalue weighted by atomic mass is 32.1. The lowest BCUT2D eigenvalue weighted by Gasteiger charge is -2.28. The SMILES string of the molecule is CCO[Si](CCCOC(=O)C(C)=C=S)(OCC)OCC. The summed E-state index contributed by atoms with van der Waals surface area (Å²) < 4.78 is 22.2. The number of ether oxygens (including phenoxy) is 1. The van der Waals surface area contributed by atoms with Crippen molar-refractivity contribution in [3.8, 4) is 0 Å². The Hall–Kier alpha value is -0.563. The first-order chi connectivity index (χ1) is 9.55. The first-order valence-electron chi connectivity index (χ1n) is 6.85. The molecule has 0 unspecified atom stereocenters. The zero-order valence-corrected chi connectivity index (χ0v) is 14.5. The molecule has 0 aliphatic carbocycles. The maximum atomic E-state index is 11.4. The summed E-state index contributed by atoms with van der Waals surface area (Å²) in [7, 11) is -2.64. The smallest absolute Gasteiger partial charge is 0.462 e. The molecule has 0 N–H and O–H groups in total. The monoisotopic (exact) mass is 320 g/mol. The molecule has 0 saturated heterocycles. The molecule has 0 spiro atoms. The fourth-order valence-electron chi connectivity index (χ4n) is 1.60. The van der Waals surface area contributed by atoms with Gasteiger partial charge in [0.25, 0.3) is 0 Å². The van der Waals surface area contributed by atoms with Crippen LogP contribution in [0.15, 0.2) is 5.57 Å². The molecule has 0 bridgehead atoms. The van der Waals surface area contributed by atoms with Crippen LogP contribution in [0.2, 0.25) is 6.04 Å². The van der Waals surface area contributed by atoms with Crippen molar-refractivity contribution in [2.45, 2.75) is 40.2 Å². The Balaban J connectivity index is 4.31. The van der Waals surface area contributed by atoms with Gasteiger partial charge < -0.3 is 18.0 Å². The van der Waals surface area contributed by atoms with E-state index in [1.165, 1.54) is 0 Å². The van der Waals surface area contributed by atoms with Gasteiger partial charge in [0, 0.05) is 25.9 Å². The predicted molar refractivity (Wildman–Crippen MR) is 82.8 cm³/mol. The van der Waals surface area contributed by atoms with Crippen molar-refractivity contribution in [3.05, 3.63) is 5.57 Å². The van der Waals surface area contributed by atoms with Gasteiger partial charge in [-0.05, 0) is 51.4 Å². The number of carbonyl (C=O) groups excluding carboxylic acids is 1. The van der Waals surface area contributed by atoms with Gasteiger partial charge in [0.05, 0.1) is 12.2 Å². The van der Waals surface area contributed by atoms with Gasteiger partial charge in [0.2, 0.25) is 0 Å². The van der Waals surface area contributed by atoms with Crippen molar-refractivity contribution in [2.75, 3.05) is 26.4 Å². The molecule has 0 rings (SSSR count). The normalized spacial score (nSPS) is 11.0. The summed E-state index contributed by atoms with van der Waals surface area (Å²) in [4.78, 5) is 11.4. The lowest BCUT2D eigenvalue weighted by molar-refractivity contribution is -0.138. The van der Waals surface area contributed by atoms with E-state index in [0.717, 1.165) is 0 Å². The minimum absolute atomic E-state index is 0.287. The summed E-state index contributed by atoms with van der Waals surface area (Å²) in [6, 6.07) is 0.621. The highest BCUT2D eigenvalue weighted by Crippen LogP contribution is 2.18. The largest absolute Gasteiger partial charge is 0.501 e. The van der Waals surface area contributed by atoms with E-state index in [1.807, 2.05) is 20.8 Å². The van der Waals surface area contributed by atoms with E-state index < -0.39 is 14.8 Å². The number of rotatable bonds is 11. The third-order valence-electron chi connectivity index (χ3n) is 2.41. The van der Waals surface area contributed by atoms with Crippen LogP contribution in [0.25, 0.3) is 0 Å². The van der Waals surface area contributed by atoms with Gasteiger partial charge >= 0.3 is 14.8 Å². The summed E-state index contributed by atoms with van der Waals surface area (Å²) >= 11 is 4.55. The van der Waals surface area contributed by atoms with Gasteiger partial charge in [0.1, 0.15) is 0 Å². The Kier molecular flexibility index (Phi) is 10.8. The highest BCUT2D eigenvalue weighted by Gasteiger charge is 2.39. The van der Waals surface area contributed by atoms with Crippen LogP contribution in [-0.2, 0) is 22.8 Å². The Morgan fingerprint density at radius 1 is 1.10 bits per heavy atom. The van der Waals surface area contributed by atoms with Crippen LogP contribution >= 0.6 is 12.2 Å². The number of hydrogen-bond acceptors (Lipinski definition) is 6. The van der Waals surface area contributed by atoms with Crippen molar-refractivity contribution < 1.29 is 22.8 Å². The van der Waals surface area contributed by atoms with Gasteiger partial charge in [-0.25, -0.2) is 4.79 Å². The molecule has 0 saturated carbocycles. The zero-order chi connectivity index (χ0) is 15.4. The number of esters is 1. The third kappa shape index (κ3) is 7.28. The van der Waals surface area contributed by atoms with Crippen molar-refractivity contribution in [2.24, 2.45) is 0 Å². The fourth-order valence-corrected chi connectivity index (χ4v) is 4.27. The molecule has 0 aromatic carbocycles. The molecule has 5 nitrogen and oxygen atoms in total. The van der Waals surface area contributed by atoms with Crippen LogP contribution in [-0.4, -0.2) is 46.2 Å². The quantitative estimate of drug-likeness (QED) is 0.192. The third-order valence-corrected chi connectivity index (χ3v) is 5.87. The zero-order valence-electron chi connectivity index (χ0n) is 12.7. The topological polar surface area (TPSA) is 54.0 Å². The first kappa shape index (κ1) is 19.4. The Labute approximate surface area is 127 Å². The maximum Gasteiger partial charge on any atom is 0.501 e. The predicted octanol–water partition coefficient (Wildman–Crippen LogP) is 2.51. The average molecular weight is 320 g/mol. The fraction of sp³-hybridized carbons (Fsp3) is 0.769. The van der Waals surface area contributed by atoms with Crippen LogP contribution < -0.4 is 0 Å². The minimum Gasteiger partial charge on any atom is -0.462 e. The van der Waals surface area contributed by atoms with Crippen LogP contribution in [0.3, 0.4) is 0 Å². The molecule has 0 aliphatic heterocycles. The van der Waals surface area contributed by atoms with Crippen LogP contribution in [0.1, 0.15) is 34.1 Å². The van der Waals surface area contributed by atoms with Crippen LogP contribution in [0, 0.1) is 0 Å². The van der Waals surface area contributed by atoms with Gasteiger partial charge in [0.15, 0.2) is 0 Å². The summed E-state index contributed by atoms with van der Waals surface area (Å²) in [5.74, 6) is -0.434. The molecule has 0 aromatic rings. The van der Waals surface area contributed by atoms with E-state index in [9.17, 15) is 4.79 Å². The van der Waals surface area contributed by atoms with E-state index >= 15 is 0 Å². The Morgan fingerprint density at radius 3 is 2.00 bits per heavy atom. The molecule has 0 fully saturated rings. The van der Waals surface area contributed by atoms with Crippen LogP contribution in [0.4, 0.5) is 0 Å². The van der Waals surface area contributed by atoms with Gasteiger partial charge in [-0.15, -0.1) is 0 Å². The molecule has 7 heteroatoms. The minimum atomic E-state index is -2.64. The van der Waals surface area contributed by atoms with E-state index in [0.29, 0.717) is 37.9 Å². The Bertz CT molecular complexity index is 325. The number of carbonyl (C=O) groups is 1. The van der Waals surface area contributed by atoms with E-state index in [1.54, 1.807) is 6.92 Å². The highest BCUT2D eigenvalue weighted by molar-refractivity contribution is 7.78. The Morgan fingerprint density at radius 2 is 1.60 bits per heavy atom. The first-order valence-corrected chi connectivity index (χ1v) is 9.19. The number of thiocarbonyl (C=S) groups is 1. The molecular formula is C13H24O5SSi. The van der Waals surface area contributed by atoms with Crippen molar-refractivity contribution in [1.29, 1.82) is 0 Å². The van der Waals surface area contributed by atoms with Gasteiger partial charge in [-0.3, -0.25) is 0 Å². The molecule has 0 aliphatic rings. The van der Waals surface area contributed by atoms with Crippen molar-refractivity contribution >= 4 is 32.0 Å². The molecule has 20 heavy (non-hydrogen) atoms. The molecule has 0 heterocycles. The summed E-state index contributed by atoms with van der Waals surface area (Å²) in [5, 5.41) is 2.34. The second-order valence-electron chi connectivity index (χ2n) is 3.95. The van der Waals surface area contributed by atoms with E-state index in [2.05, 4.69) is 17.2 Å². The van der Waals surface area contributed by atoms with Crippen molar-refractivity contribution in [3.63, 3.8) is 0 Å². The molecule has 0 radical (unpaired) electrons. The second kappa shape index (κ2) is 11.1. The standard InChI is InChI=1S/C13H24O5SSi/c1-5-16-20(17-6-2,18-7-3)10-8-9-15-13(14)12(4)11-19/h5-10H2,1-4H3. The summed E-state index contributed by atoms with van der Waals surface area (Å²) in [5.41, 5.74) is 0.308. The summed E-state index contributed by atoms with van der Waals surface area (Å²) in [6.07, 6.45) is 0.628. The summed E-state index contributed by atoms with van der Waals surface area (Å²) in [6.45, 7) is 9.22. The van der Waals surface area contributed by atoms with E-state index in [4.69, 9.17) is 18.0 Å². The molecule has 0 atom stereocenters. The second-order valence-corrected chi connectivity index (χ2v) is 6.88. The van der Waals surface area contributed by atoms with Gasteiger partial charge in [-0.2, -0.15) is 0 Å². The lowest BCUT2D eigenvalue weighted by Crippen LogP contribution is -2.46. The molecular weight excluding hydrogens is 296 g/mol. The lowest BCUT2D eigenvalue weighted by atomic mass is 10.4. The molecule has 116 valence electrons. The van der Waals surface area contributed by atoms with Crippen LogP contribution in [0.5, 0.6) is 0 Å². The molecule has 0 amide bonds. The average Bonchev–Trinajstić information content (AvgIpc) is 2.43. The van der Waals surface area contributed by atoms with Gasteiger partial charge in [-0.1, -0.05) is 0 Å². The van der Waals surface area contributed by atoms with E-state index in [-0.39, 0.29) is 6.61 Å². The van der Waals surface area contributed by atoms with Crippen molar-refractivity contribution in [1.82, 2.24) is 0 Å². The molecule has 0 aromatic heterocycles. The maximum absolute atomic E-state index is 11.4. The number of hydrogen-bond donors (Lipinski definition) is 0.